The Morgan fingerprint density at radius 1 is 1.41 bits per heavy atom. The van der Waals surface area contributed by atoms with Gasteiger partial charge in [0.2, 0.25) is 10.0 Å². The molecule has 0 spiro atoms. The Bertz CT molecular complexity index is 683. The summed E-state index contributed by atoms with van der Waals surface area (Å²) < 4.78 is 33.5. The maximum atomic E-state index is 12.6. The van der Waals surface area contributed by atoms with Crippen molar-refractivity contribution in [3.05, 3.63) is 16.5 Å². The Morgan fingerprint density at radius 2 is 2.18 bits per heavy atom. The molecule has 1 aromatic heterocycles. The van der Waals surface area contributed by atoms with Crippen molar-refractivity contribution in [3.63, 3.8) is 0 Å². The average Bonchev–Trinajstić information content (AvgIpc) is 2.98. The number of hydrogen-bond donors (Lipinski definition) is 1. The summed E-state index contributed by atoms with van der Waals surface area (Å²) in [5, 5.41) is 0. The molecule has 2 saturated carbocycles. The Kier molecular flexibility index (Phi) is 4.26. The molecule has 2 bridgehead atoms. The fourth-order valence-electron chi connectivity index (χ4n) is 3.90. The normalized spacial score (nSPS) is 31.2. The zero-order valence-corrected chi connectivity index (χ0v) is 14.6. The van der Waals surface area contributed by atoms with Crippen LogP contribution < -0.4 is 4.72 Å². The van der Waals surface area contributed by atoms with Gasteiger partial charge >= 0.3 is 5.97 Å². The fourth-order valence-corrected chi connectivity index (χ4v) is 6.78. The number of sulfonamides is 1. The molecule has 0 unspecified atom stereocenters. The number of carbonyl (C=O) groups is 1. The first-order valence-corrected chi connectivity index (χ1v) is 9.93. The predicted octanol–water partition coefficient (Wildman–Crippen LogP) is 2.80. The van der Waals surface area contributed by atoms with Crippen molar-refractivity contribution in [1.82, 2.24) is 4.72 Å². The predicted molar refractivity (Wildman–Crippen MR) is 84.5 cm³/mol. The molecule has 1 aromatic rings. The zero-order valence-electron chi connectivity index (χ0n) is 12.2. The highest BCUT2D eigenvalue weighted by Crippen LogP contribution is 2.52. The number of nitrogens with one attached hydrogen (secondary N) is 1. The van der Waals surface area contributed by atoms with E-state index >= 15 is 0 Å². The van der Waals surface area contributed by atoms with Crippen molar-refractivity contribution in [1.29, 1.82) is 0 Å². The topological polar surface area (TPSA) is 72.5 Å². The minimum atomic E-state index is -3.67. The number of hydrogen-bond acceptors (Lipinski definition) is 5. The lowest BCUT2D eigenvalue weighted by molar-refractivity contribution is -0.155. The first kappa shape index (κ1) is 16.2. The summed E-state index contributed by atoms with van der Waals surface area (Å²) in [6, 6.07) is 2.66. The lowest BCUT2D eigenvalue weighted by Gasteiger charge is -2.38. The third kappa shape index (κ3) is 2.58. The molecule has 0 saturated heterocycles. The highest BCUT2D eigenvalue weighted by atomic mass is 35.5. The molecule has 22 heavy (non-hydrogen) atoms. The van der Waals surface area contributed by atoms with E-state index in [1.807, 2.05) is 0 Å². The number of esters is 1. The van der Waals surface area contributed by atoms with E-state index in [4.69, 9.17) is 16.3 Å². The van der Waals surface area contributed by atoms with Crippen LogP contribution in [0.4, 0.5) is 0 Å². The Hall–Kier alpha value is -0.630. The smallest absolute Gasteiger partial charge is 0.313 e. The van der Waals surface area contributed by atoms with Gasteiger partial charge in [0.05, 0.1) is 16.9 Å². The highest BCUT2D eigenvalue weighted by Gasteiger charge is 2.57. The quantitative estimate of drug-likeness (QED) is 0.835. The van der Waals surface area contributed by atoms with Crippen molar-refractivity contribution in [2.45, 2.75) is 42.4 Å². The Morgan fingerprint density at radius 3 is 2.82 bits per heavy atom. The number of thiophene rings is 1. The van der Waals surface area contributed by atoms with Gasteiger partial charge in [0, 0.05) is 6.04 Å². The Balaban J connectivity index is 1.91. The number of halogens is 1. The minimum absolute atomic E-state index is 0.183. The molecule has 2 aliphatic carbocycles. The van der Waals surface area contributed by atoms with Crippen LogP contribution >= 0.6 is 22.9 Å². The monoisotopic (exact) mass is 363 g/mol. The standard InChI is InChI=1S/C14H18ClNO4S2/c1-20-13(17)14-7-2-3-9(6-8-14)12(14)16-22(18,19)11-5-4-10(15)21-11/h4-5,9,12,16H,2-3,6-8H2,1H3/t9-,12-,14-/m0/s1. The van der Waals surface area contributed by atoms with Crippen LogP contribution in [0.25, 0.3) is 0 Å². The number of carbonyl (C=O) groups excluding carboxylic acids is 1. The highest BCUT2D eigenvalue weighted by molar-refractivity contribution is 7.91. The van der Waals surface area contributed by atoms with E-state index in [9.17, 15) is 13.2 Å². The van der Waals surface area contributed by atoms with E-state index < -0.39 is 15.4 Å². The van der Waals surface area contributed by atoms with E-state index in [0.717, 1.165) is 30.6 Å². The van der Waals surface area contributed by atoms with Crippen LogP contribution in [-0.4, -0.2) is 27.5 Å². The number of fused-ring (bicyclic) bond motifs is 2. The molecule has 1 heterocycles. The van der Waals surface area contributed by atoms with Crippen molar-refractivity contribution in [3.8, 4) is 0 Å². The molecule has 2 fully saturated rings. The summed E-state index contributed by atoms with van der Waals surface area (Å²) in [6.45, 7) is 0. The number of ether oxygens (including phenoxy) is 1. The van der Waals surface area contributed by atoms with Crippen LogP contribution in [-0.2, 0) is 19.6 Å². The summed E-state index contributed by atoms with van der Waals surface area (Å²) in [7, 11) is -2.30. The van der Waals surface area contributed by atoms with Gasteiger partial charge in [-0.25, -0.2) is 13.1 Å². The summed E-state index contributed by atoms with van der Waals surface area (Å²) in [6.07, 6.45) is 4.09. The molecule has 5 nitrogen and oxygen atoms in total. The fraction of sp³-hybridized carbons (Fsp3) is 0.643. The molecule has 3 atom stereocenters. The number of rotatable bonds is 4. The lowest BCUT2D eigenvalue weighted by Crippen LogP contribution is -2.53. The maximum absolute atomic E-state index is 12.6. The van der Waals surface area contributed by atoms with Crippen LogP contribution in [0.1, 0.15) is 32.1 Å². The average molecular weight is 364 g/mol. The van der Waals surface area contributed by atoms with Gasteiger partial charge in [-0.1, -0.05) is 18.0 Å². The Labute approximate surface area is 139 Å². The SMILES string of the molecule is COC(=O)[C@@]12CCC[C@@H](CC1)[C@@H]2NS(=O)(=O)c1ccc(Cl)s1. The van der Waals surface area contributed by atoms with E-state index in [1.165, 1.54) is 13.2 Å². The van der Waals surface area contributed by atoms with Gasteiger partial charge in [0.1, 0.15) is 4.21 Å². The zero-order chi connectivity index (χ0) is 16.0. The van der Waals surface area contributed by atoms with E-state index in [0.29, 0.717) is 17.2 Å². The summed E-state index contributed by atoms with van der Waals surface area (Å²) in [5.74, 6) is -0.107. The second kappa shape index (κ2) is 5.78. The van der Waals surface area contributed by atoms with E-state index in [1.54, 1.807) is 6.07 Å². The number of methoxy groups -OCH3 is 1. The van der Waals surface area contributed by atoms with Crippen molar-refractivity contribution in [2.75, 3.05) is 7.11 Å². The van der Waals surface area contributed by atoms with Gasteiger partial charge in [-0.2, -0.15) is 0 Å². The second-order valence-corrected chi connectivity index (χ2v) is 9.65. The van der Waals surface area contributed by atoms with Gasteiger partial charge in [0.15, 0.2) is 0 Å². The molecule has 0 radical (unpaired) electrons. The van der Waals surface area contributed by atoms with Crippen LogP contribution in [0, 0.1) is 11.3 Å². The lowest BCUT2D eigenvalue weighted by atomic mass is 9.72. The van der Waals surface area contributed by atoms with Crippen LogP contribution in [0.3, 0.4) is 0 Å². The molecule has 8 heteroatoms. The third-order valence-electron chi connectivity index (χ3n) is 4.91. The summed E-state index contributed by atoms with van der Waals surface area (Å²) >= 11 is 6.85. The first-order valence-electron chi connectivity index (χ1n) is 7.25. The third-order valence-corrected chi connectivity index (χ3v) is 8.08. The van der Waals surface area contributed by atoms with Crippen LogP contribution in [0.15, 0.2) is 16.3 Å². The summed E-state index contributed by atoms with van der Waals surface area (Å²) in [4.78, 5) is 12.3. The van der Waals surface area contributed by atoms with Gasteiger partial charge in [-0.05, 0) is 43.7 Å². The maximum Gasteiger partial charge on any atom is 0.313 e. The van der Waals surface area contributed by atoms with Crippen LogP contribution in [0.2, 0.25) is 4.34 Å². The van der Waals surface area contributed by atoms with Gasteiger partial charge in [-0.15, -0.1) is 11.3 Å². The molecular weight excluding hydrogens is 346 g/mol. The minimum Gasteiger partial charge on any atom is -0.469 e. The second-order valence-electron chi connectivity index (χ2n) is 6.00. The van der Waals surface area contributed by atoms with Crippen molar-refractivity contribution < 1.29 is 17.9 Å². The molecule has 2 aliphatic rings. The molecule has 0 amide bonds. The van der Waals surface area contributed by atoms with Gasteiger partial charge in [0.25, 0.3) is 0 Å². The van der Waals surface area contributed by atoms with Crippen LogP contribution in [0.5, 0.6) is 0 Å². The molecule has 3 rings (SSSR count). The van der Waals surface area contributed by atoms with E-state index in [-0.39, 0.29) is 22.1 Å². The molecular formula is C14H18ClNO4S2. The van der Waals surface area contributed by atoms with Gasteiger partial charge in [-0.3, -0.25) is 4.79 Å². The molecule has 0 aliphatic heterocycles. The van der Waals surface area contributed by atoms with E-state index in [2.05, 4.69) is 4.72 Å². The first-order chi connectivity index (χ1) is 10.4. The molecule has 0 aromatic carbocycles. The van der Waals surface area contributed by atoms with Crippen molar-refractivity contribution in [2.24, 2.45) is 11.3 Å². The summed E-state index contributed by atoms with van der Waals surface area (Å²) in [5.41, 5.74) is -0.716. The largest absolute Gasteiger partial charge is 0.469 e. The molecule has 122 valence electrons. The van der Waals surface area contributed by atoms with Crippen molar-refractivity contribution >= 4 is 38.9 Å². The molecule has 1 N–H and O–H groups in total. The van der Waals surface area contributed by atoms with Gasteiger partial charge < -0.3 is 4.74 Å².